The van der Waals surface area contributed by atoms with Crippen LogP contribution in [-0.4, -0.2) is 33.5 Å². The Morgan fingerprint density at radius 3 is 2.48 bits per heavy atom. The zero-order valence-corrected chi connectivity index (χ0v) is 17.8. The molecule has 2 aromatic heterocycles. The van der Waals surface area contributed by atoms with Crippen LogP contribution in [0, 0.1) is 6.92 Å². The van der Waals surface area contributed by atoms with Crippen LogP contribution < -0.4 is 14.2 Å². The Balaban J connectivity index is 1.72. The van der Waals surface area contributed by atoms with Gasteiger partial charge in [0.1, 0.15) is 23.9 Å². The number of para-hydroxylation sites is 1. The van der Waals surface area contributed by atoms with Crippen LogP contribution in [0.25, 0.3) is 17.1 Å². The molecule has 0 fully saturated rings. The molecule has 7 nitrogen and oxygen atoms in total. The van der Waals surface area contributed by atoms with Gasteiger partial charge in [-0.15, -0.1) is 5.10 Å². The summed E-state index contributed by atoms with van der Waals surface area (Å²) in [5, 5.41) is 4.71. The predicted molar refractivity (Wildman–Crippen MR) is 118 cm³/mol. The average Bonchev–Trinajstić information content (AvgIpc) is 3.23. The van der Waals surface area contributed by atoms with Crippen LogP contribution in [0.15, 0.2) is 67.0 Å². The molecule has 0 aliphatic carbocycles. The van der Waals surface area contributed by atoms with E-state index in [1.807, 2.05) is 62.4 Å². The molecule has 2 aromatic carbocycles. The van der Waals surface area contributed by atoms with Crippen LogP contribution in [0.5, 0.6) is 17.2 Å². The van der Waals surface area contributed by atoms with Gasteiger partial charge >= 0.3 is 0 Å². The van der Waals surface area contributed by atoms with Gasteiger partial charge in [0.15, 0.2) is 11.6 Å². The number of methoxy groups -OCH3 is 1. The molecule has 31 heavy (non-hydrogen) atoms. The lowest BCUT2D eigenvalue weighted by Crippen LogP contribution is -2.02. The molecule has 4 rings (SSSR count). The Morgan fingerprint density at radius 2 is 1.74 bits per heavy atom. The molecule has 0 bridgehead atoms. The van der Waals surface area contributed by atoms with E-state index in [9.17, 15) is 0 Å². The highest BCUT2D eigenvalue weighted by Gasteiger charge is 2.18. The van der Waals surface area contributed by atoms with Crippen molar-refractivity contribution in [3.05, 3.63) is 78.4 Å². The second kappa shape index (κ2) is 9.30. The minimum atomic E-state index is 0.241. The molecule has 2 heterocycles. The van der Waals surface area contributed by atoms with Crippen LogP contribution in [0.4, 0.5) is 0 Å². The van der Waals surface area contributed by atoms with E-state index in [-0.39, 0.29) is 6.61 Å². The minimum Gasteiger partial charge on any atom is -0.496 e. The molecule has 0 saturated heterocycles. The highest BCUT2D eigenvalue weighted by Crippen LogP contribution is 2.30. The van der Waals surface area contributed by atoms with E-state index in [0.29, 0.717) is 24.0 Å². The molecule has 0 amide bonds. The number of rotatable bonds is 8. The Bertz CT molecular complexity index is 1160. The average molecular weight is 416 g/mol. The van der Waals surface area contributed by atoms with Crippen molar-refractivity contribution < 1.29 is 14.2 Å². The number of pyridine rings is 1. The van der Waals surface area contributed by atoms with Gasteiger partial charge in [-0.05, 0) is 55.8 Å². The summed E-state index contributed by atoms with van der Waals surface area (Å²) in [5.41, 5.74) is 2.65. The summed E-state index contributed by atoms with van der Waals surface area (Å²) < 4.78 is 18.8. The van der Waals surface area contributed by atoms with E-state index in [2.05, 4.69) is 4.98 Å². The van der Waals surface area contributed by atoms with Gasteiger partial charge in [0.05, 0.1) is 25.0 Å². The standard InChI is InChI=1S/C24H24N4O3/c1-4-30-19-11-9-18(10-12-19)28-24(20-15-25-14-13-22(20)29-3)26-23(27-28)16-31-21-8-6-5-7-17(21)2/h5-15H,4,16H2,1-3H3. The molecule has 0 N–H and O–H groups in total. The zero-order chi connectivity index (χ0) is 21.6. The number of ether oxygens (including phenoxy) is 3. The third-order valence-electron chi connectivity index (χ3n) is 4.74. The number of aryl methyl sites for hydroxylation is 1. The molecule has 0 spiro atoms. The van der Waals surface area contributed by atoms with Crippen molar-refractivity contribution in [2.24, 2.45) is 0 Å². The van der Waals surface area contributed by atoms with E-state index < -0.39 is 0 Å². The lowest BCUT2D eigenvalue weighted by atomic mass is 10.2. The second-order valence-corrected chi connectivity index (χ2v) is 6.82. The number of aromatic nitrogens is 4. The van der Waals surface area contributed by atoms with Crippen LogP contribution >= 0.6 is 0 Å². The first kappa shape index (κ1) is 20.4. The van der Waals surface area contributed by atoms with Gasteiger partial charge in [-0.2, -0.15) is 0 Å². The molecule has 0 saturated carbocycles. The largest absolute Gasteiger partial charge is 0.496 e. The maximum Gasteiger partial charge on any atom is 0.189 e. The summed E-state index contributed by atoms with van der Waals surface area (Å²) in [6, 6.07) is 17.4. The van der Waals surface area contributed by atoms with Gasteiger partial charge in [0.2, 0.25) is 0 Å². The highest BCUT2D eigenvalue weighted by atomic mass is 16.5. The maximum atomic E-state index is 5.97. The molecular formula is C24H24N4O3. The summed E-state index contributed by atoms with van der Waals surface area (Å²) in [7, 11) is 1.62. The smallest absolute Gasteiger partial charge is 0.189 e. The zero-order valence-electron chi connectivity index (χ0n) is 17.8. The Hall–Kier alpha value is -3.87. The molecule has 0 radical (unpaired) electrons. The van der Waals surface area contributed by atoms with Gasteiger partial charge in [-0.1, -0.05) is 18.2 Å². The SMILES string of the molecule is CCOc1ccc(-n2nc(COc3ccccc3C)nc2-c2cnccc2OC)cc1. The van der Waals surface area contributed by atoms with Crippen molar-refractivity contribution in [3.63, 3.8) is 0 Å². The number of hydrogen-bond acceptors (Lipinski definition) is 6. The fourth-order valence-electron chi connectivity index (χ4n) is 3.21. The van der Waals surface area contributed by atoms with Gasteiger partial charge in [0, 0.05) is 12.4 Å². The summed E-state index contributed by atoms with van der Waals surface area (Å²) in [6.45, 7) is 4.82. The predicted octanol–water partition coefficient (Wildman–Crippen LogP) is 4.62. The number of benzene rings is 2. The van der Waals surface area contributed by atoms with E-state index >= 15 is 0 Å². The molecule has 0 aliphatic rings. The van der Waals surface area contributed by atoms with Crippen molar-refractivity contribution in [1.82, 2.24) is 19.7 Å². The Labute approximate surface area is 181 Å². The first-order valence-electron chi connectivity index (χ1n) is 10.1. The highest BCUT2D eigenvalue weighted by molar-refractivity contribution is 5.65. The van der Waals surface area contributed by atoms with Crippen molar-refractivity contribution in [1.29, 1.82) is 0 Å². The monoisotopic (exact) mass is 416 g/mol. The fourth-order valence-corrected chi connectivity index (χ4v) is 3.21. The Kier molecular flexibility index (Phi) is 6.12. The van der Waals surface area contributed by atoms with Gasteiger partial charge in [-0.3, -0.25) is 4.98 Å². The van der Waals surface area contributed by atoms with Gasteiger partial charge in [0.25, 0.3) is 0 Å². The van der Waals surface area contributed by atoms with Gasteiger partial charge in [-0.25, -0.2) is 9.67 Å². The van der Waals surface area contributed by atoms with Crippen molar-refractivity contribution in [2.75, 3.05) is 13.7 Å². The summed E-state index contributed by atoms with van der Waals surface area (Å²) in [5.74, 6) is 3.45. The third-order valence-corrected chi connectivity index (χ3v) is 4.74. The topological polar surface area (TPSA) is 71.3 Å². The van der Waals surface area contributed by atoms with E-state index in [1.54, 1.807) is 30.3 Å². The van der Waals surface area contributed by atoms with Gasteiger partial charge < -0.3 is 14.2 Å². The maximum absolute atomic E-state index is 5.97. The van der Waals surface area contributed by atoms with E-state index in [0.717, 1.165) is 28.3 Å². The fraction of sp³-hybridized carbons (Fsp3) is 0.208. The lowest BCUT2D eigenvalue weighted by Gasteiger charge is -2.10. The summed E-state index contributed by atoms with van der Waals surface area (Å²) in [6.07, 6.45) is 3.40. The van der Waals surface area contributed by atoms with Crippen LogP contribution in [0.2, 0.25) is 0 Å². The minimum absolute atomic E-state index is 0.241. The molecule has 0 atom stereocenters. The summed E-state index contributed by atoms with van der Waals surface area (Å²) >= 11 is 0. The quantitative estimate of drug-likeness (QED) is 0.417. The van der Waals surface area contributed by atoms with Crippen molar-refractivity contribution in [2.45, 2.75) is 20.5 Å². The second-order valence-electron chi connectivity index (χ2n) is 6.82. The third kappa shape index (κ3) is 4.50. The molecular weight excluding hydrogens is 392 g/mol. The molecule has 0 aliphatic heterocycles. The molecule has 0 unspecified atom stereocenters. The Morgan fingerprint density at radius 1 is 0.935 bits per heavy atom. The lowest BCUT2D eigenvalue weighted by molar-refractivity contribution is 0.294. The number of hydrogen-bond donors (Lipinski definition) is 0. The van der Waals surface area contributed by atoms with Crippen LogP contribution in [-0.2, 0) is 6.61 Å². The van der Waals surface area contributed by atoms with E-state index in [1.165, 1.54) is 0 Å². The molecule has 158 valence electrons. The molecule has 7 heteroatoms. The molecule has 4 aromatic rings. The van der Waals surface area contributed by atoms with Crippen LogP contribution in [0.3, 0.4) is 0 Å². The van der Waals surface area contributed by atoms with Crippen molar-refractivity contribution >= 4 is 0 Å². The van der Waals surface area contributed by atoms with E-state index in [4.69, 9.17) is 24.3 Å². The van der Waals surface area contributed by atoms with Crippen LogP contribution in [0.1, 0.15) is 18.3 Å². The normalized spacial score (nSPS) is 10.7. The number of nitrogens with zero attached hydrogens (tertiary/aromatic N) is 4. The first-order chi connectivity index (χ1) is 15.2. The first-order valence-corrected chi connectivity index (χ1v) is 10.1. The van der Waals surface area contributed by atoms with Crippen molar-refractivity contribution in [3.8, 4) is 34.3 Å². The summed E-state index contributed by atoms with van der Waals surface area (Å²) in [4.78, 5) is 8.99.